The van der Waals surface area contributed by atoms with Gasteiger partial charge in [0.25, 0.3) is 0 Å². The van der Waals surface area contributed by atoms with Crippen LogP contribution in [0, 0.1) is 17.8 Å². The summed E-state index contributed by atoms with van der Waals surface area (Å²) in [6.07, 6.45) is 4.81. The Labute approximate surface area is 274 Å². The van der Waals surface area contributed by atoms with Gasteiger partial charge in [0.1, 0.15) is 0 Å². The number of nitrogens with one attached hydrogen (secondary N) is 1. The van der Waals surface area contributed by atoms with Gasteiger partial charge >= 0.3 is 6.03 Å². The molecule has 250 valence electrons. The molecular formula is C35H50N6O4S. The number of rotatable bonds is 9. The van der Waals surface area contributed by atoms with Crippen molar-refractivity contribution in [1.82, 2.24) is 14.5 Å². The maximum absolute atomic E-state index is 13.8. The van der Waals surface area contributed by atoms with Crippen LogP contribution < -0.4 is 20.0 Å². The maximum atomic E-state index is 13.8. The molecule has 4 saturated carbocycles. The molecule has 8 rings (SSSR count). The van der Waals surface area contributed by atoms with Crippen LogP contribution >= 0.6 is 0 Å². The van der Waals surface area contributed by atoms with E-state index >= 15 is 0 Å². The number of nitrogens with zero attached hydrogens (tertiary/aromatic N) is 5. The molecule has 2 amide bonds. The zero-order valence-corrected chi connectivity index (χ0v) is 28.2. The lowest BCUT2D eigenvalue weighted by atomic mass is 9.52. The second-order valence-corrected chi connectivity index (χ2v) is 16.3. The van der Waals surface area contributed by atoms with Crippen LogP contribution in [0.25, 0.3) is 0 Å². The molecule has 4 aliphatic carbocycles. The number of hydrogen-bond donors (Lipinski definition) is 2. The highest BCUT2D eigenvalue weighted by Crippen LogP contribution is 2.55. The van der Waals surface area contributed by atoms with Crippen molar-refractivity contribution in [2.45, 2.75) is 57.6 Å². The molecule has 6 aliphatic rings. The second-order valence-electron chi connectivity index (χ2n) is 14.2. The summed E-state index contributed by atoms with van der Waals surface area (Å²) in [5.41, 5.74) is 3.58. The van der Waals surface area contributed by atoms with Gasteiger partial charge < -0.3 is 25.1 Å². The fourth-order valence-corrected chi connectivity index (χ4v) is 10.7. The van der Waals surface area contributed by atoms with Gasteiger partial charge in [-0.25, -0.2) is 13.2 Å². The summed E-state index contributed by atoms with van der Waals surface area (Å²) in [4.78, 5) is 22.4. The number of hydrogen-bond acceptors (Lipinski definition) is 7. The minimum Gasteiger partial charge on any atom is -0.390 e. The lowest BCUT2D eigenvalue weighted by Gasteiger charge is -2.58. The number of sulfonamides is 1. The Bertz CT molecular complexity index is 1490. The molecule has 5 atom stereocenters. The van der Waals surface area contributed by atoms with E-state index in [-0.39, 0.29) is 17.8 Å². The zero-order chi connectivity index (χ0) is 32.1. The maximum Gasteiger partial charge on any atom is 0.322 e. The molecule has 3 unspecified atom stereocenters. The molecule has 2 aromatic carbocycles. The molecule has 2 aliphatic heterocycles. The van der Waals surface area contributed by atoms with Crippen LogP contribution in [0.15, 0.2) is 48.5 Å². The number of carbonyl (C=O) groups excluding carboxylic acids is 1. The molecule has 1 saturated heterocycles. The molecule has 2 aromatic rings. The zero-order valence-electron chi connectivity index (χ0n) is 27.4. The van der Waals surface area contributed by atoms with Crippen molar-refractivity contribution in [1.29, 1.82) is 0 Å². The Morgan fingerprint density at radius 2 is 1.50 bits per heavy atom. The lowest BCUT2D eigenvalue weighted by molar-refractivity contribution is -0.136. The van der Waals surface area contributed by atoms with Crippen molar-refractivity contribution in [2.75, 3.05) is 79.4 Å². The quantitative estimate of drug-likeness (QED) is 0.422. The molecule has 11 heteroatoms. The number of carbonyl (C=O) groups is 1. The van der Waals surface area contributed by atoms with E-state index < -0.39 is 15.6 Å². The van der Waals surface area contributed by atoms with Crippen LogP contribution in [0.5, 0.6) is 0 Å². The highest BCUT2D eigenvalue weighted by atomic mass is 32.2. The van der Waals surface area contributed by atoms with Gasteiger partial charge in [-0.1, -0.05) is 26.0 Å². The number of piperazine rings is 1. The van der Waals surface area contributed by atoms with Crippen molar-refractivity contribution in [3.05, 3.63) is 48.5 Å². The van der Waals surface area contributed by atoms with E-state index in [2.05, 4.69) is 64.2 Å². The van der Waals surface area contributed by atoms with E-state index in [1.807, 2.05) is 23.1 Å². The molecule has 10 nitrogen and oxygen atoms in total. The lowest BCUT2D eigenvalue weighted by Crippen LogP contribution is -2.63. The number of anilines is 4. The summed E-state index contributed by atoms with van der Waals surface area (Å²) < 4.78 is 27.6. The van der Waals surface area contributed by atoms with Gasteiger partial charge in [-0.15, -0.1) is 0 Å². The van der Waals surface area contributed by atoms with Gasteiger partial charge in [-0.05, 0) is 99.3 Å². The fraction of sp³-hybridized carbons (Fsp3) is 0.629. The normalized spacial score (nSPS) is 29.3. The highest BCUT2D eigenvalue weighted by molar-refractivity contribution is 7.89. The van der Waals surface area contributed by atoms with Gasteiger partial charge in [0.2, 0.25) is 10.0 Å². The average Bonchev–Trinajstić information content (AvgIpc) is 3.05. The SMILES string of the molecule is CCN(CC)CCS(=O)(=O)N1CCN(c2ccc(N3CCN(C(=O)NC4[C@@H]5CC6C[C@H]4CC(O)(C6)C5)c4ccccc43)cc2)CC1. The largest absolute Gasteiger partial charge is 0.390 e. The Morgan fingerprint density at radius 1 is 0.870 bits per heavy atom. The summed E-state index contributed by atoms with van der Waals surface area (Å²) in [5, 5.41) is 14.4. The fourth-order valence-electron chi connectivity index (χ4n) is 9.26. The predicted molar refractivity (Wildman–Crippen MR) is 183 cm³/mol. The Balaban J connectivity index is 0.981. The number of aliphatic hydroxyl groups is 1. The van der Waals surface area contributed by atoms with Crippen LogP contribution in [0.2, 0.25) is 0 Å². The van der Waals surface area contributed by atoms with Gasteiger partial charge in [0.05, 0.1) is 22.7 Å². The van der Waals surface area contributed by atoms with E-state index in [4.69, 9.17) is 0 Å². The van der Waals surface area contributed by atoms with Gasteiger partial charge in [0, 0.05) is 63.2 Å². The molecular weight excluding hydrogens is 600 g/mol. The number of amides is 2. The monoisotopic (exact) mass is 650 g/mol. The predicted octanol–water partition coefficient (Wildman–Crippen LogP) is 4.09. The first kappa shape index (κ1) is 31.7. The Kier molecular flexibility index (Phi) is 8.71. The first-order chi connectivity index (χ1) is 22.2. The van der Waals surface area contributed by atoms with Crippen molar-refractivity contribution in [3.63, 3.8) is 0 Å². The van der Waals surface area contributed by atoms with Crippen molar-refractivity contribution < 1.29 is 18.3 Å². The minimum absolute atomic E-state index is 0.0267. The third kappa shape index (κ3) is 6.11. The summed E-state index contributed by atoms with van der Waals surface area (Å²) in [5.74, 6) is 1.53. The first-order valence-electron chi connectivity index (χ1n) is 17.4. The molecule has 0 spiro atoms. The van der Waals surface area contributed by atoms with E-state index in [1.54, 1.807) is 4.31 Å². The van der Waals surface area contributed by atoms with E-state index in [1.165, 1.54) is 0 Å². The molecule has 0 aromatic heterocycles. The van der Waals surface area contributed by atoms with Crippen LogP contribution in [-0.2, 0) is 10.0 Å². The van der Waals surface area contributed by atoms with Gasteiger partial charge in [-0.2, -0.15) is 4.31 Å². The number of benzene rings is 2. The van der Waals surface area contributed by atoms with Crippen LogP contribution in [-0.4, -0.2) is 105 Å². The standard InChI is InChI=1S/C35H50N6O4S/c1-3-37(4-2)19-20-46(44,45)39-15-13-38(14-16-39)29-9-11-30(12-10-29)40-17-18-41(32-8-6-5-7-31(32)40)34(42)36-33-27-21-26-22-28(33)25-35(43,23-26)24-27/h5-12,26-28,33,43H,3-4,13-25H2,1-2H3,(H,36,42)/t26?,27-,28+,33?,35?. The summed E-state index contributed by atoms with van der Waals surface area (Å²) in [6, 6.07) is 16.8. The smallest absolute Gasteiger partial charge is 0.322 e. The number of para-hydroxylation sites is 2. The molecule has 0 radical (unpaired) electrons. The minimum atomic E-state index is -3.26. The van der Waals surface area contributed by atoms with E-state index in [0.717, 1.165) is 67.9 Å². The third-order valence-electron chi connectivity index (χ3n) is 11.5. The molecule has 5 fully saturated rings. The van der Waals surface area contributed by atoms with Crippen molar-refractivity contribution in [2.24, 2.45) is 17.8 Å². The van der Waals surface area contributed by atoms with Crippen LogP contribution in [0.4, 0.5) is 27.5 Å². The van der Waals surface area contributed by atoms with Gasteiger partial charge in [0.15, 0.2) is 0 Å². The van der Waals surface area contributed by atoms with E-state index in [9.17, 15) is 18.3 Å². The third-order valence-corrected chi connectivity index (χ3v) is 13.4. The Hall–Kier alpha value is -2.86. The molecule has 46 heavy (non-hydrogen) atoms. The first-order valence-corrected chi connectivity index (χ1v) is 19.0. The molecule has 4 bridgehead atoms. The van der Waals surface area contributed by atoms with Crippen molar-refractivity contribution >= 4 is 38.8 Å². The van der Waals surface area contributed by atoms with Crippen LogP contribution in [0.1, 0.15) is 46.0 Å². The second kappa shape index (κ2) is 12.6. The van der Waals surface area contributed by atoms with Crippen LogP contribution in [0.3, 0.4) is 0 Å². The highest BCUT2D eigenvalue weighted by Gasteiger charge is 2.55. The molecule has 2 heterocycles. The number of urea groups is 1. The number of fused-ring (bicyclic) bond motifs is 1. The van der Waals surface area contributed by atoms with E-state index in [0.29, 0.717) is 63.6 Å². The average molecular weight is 651 g/mol. The Morgan fingerprint density at radius 3 is 2.13 bits per heavy atom. The summed E-state index contributed by atoms with van der Waals surface area (Å²) in [7, 11) is -3.26. The van der Waals surface area contributed by atoms with Gasteiger partial charge in [-0.3, -0.25) is 4.90 Å². The van der Waals surface area contributed by atoms with Crippen molar-refractivity contribution in [3.8, 4) is 0 Å². The molecule has 2 N–H and O–H groups in total. The topological polar surface area (TPSA) is 99.7 Å². The summed E-state index contributed by atoms with van der Waals surface area (Å²) >= 11 is 0. The summed E-state index contributed by atoms with van der Waals surface area (Å²) in [6.45, 7) is 10.0.